The summed E-state index contributed by atoms with van der Waals surface area (Å²) in [6.45, 7) is 2.51. The van der Waals surface area contributed by atoms with E-state index in [1.165, 1.54) is 23.5 Å². The first-order chi connectivity index (χ1) is 10.9. The van der Waals surface area contributed by atoms with Gasteiger partial charge in [-0.05, 0) is 36.1 Å². The van der Waals surface area contributed by atoms with E-state index in [4.69, 9.17) is 5.14 Å². The average molecular weight is 349 g/mol. The molecular weight excluding hydrogens is 334 g/mol. The van der Waals surface area contributed by atoms with Crippen LogP contribution in [0.1, 0.15) is 13.3 Å². The molecule has 23 heavy (non-hydrogen) atoms. The van der Waals surface area contributed by atoms with E-state index in [1.807, 2.05) is 24.4 Å². The van der Waals surface area contributed by atoms with E-state index in [0.29, 0.717) is 23.3 Å². The molecule has 0 spiro atoms. The number of rotatable bonds is 4. The maximum absolute atomic E-state index is 12.7. The van der Waals surface area contributed by atoms with Crippen LogP contribution in [-0.2, 0) is 16.6 Å². The van der Waals surface area contributed by atoms with Gasteiger partial charge in [0.1, 0.15) is 5.69 Å². The number of hydrogen-bond acceptors (Lipinski definition) is 5. The predicted octanol–water partition coefficient (Wildman–Crippen LogP) is 2.18. The summed E-state index contributed by atoms with van der Waals surface area (Å²) in [5.41, 5.74) is 1.19. The molecule has 0 amide bonds. The number of primary sulfonamides is 1. The minimum Gasteiger partial charge on any atom is -0.305 e. The van der Waals surface area contributed by atoms with Crippen LogP contribution in [0.2, 0.25) is 0 Å². The molecule has 0 fully saturated rings. The van der Waals surface area contributed by atoms with Gasteiger partial charge in [-0.25, -0.2) is 18.5 Å². The molecule has 2 N–H and O–H groups in total. The van der Waals surface area contributed by atoms with E-state index < -0.39 is 10.0 Å². The first-order valence-electron chi connectivity index (χ1n) is 7.03. The highest BCUT2D eigenvalue weighted by molar-refractivity contribution is 7.89. The Hall–Kier alpha value is -2.03. The second-order valence-electron chi connectivity index (χ2n) is 5.09. The number of thiophene rings is 1. The summed E-state index contributed by atoms with van der Waals surface area (Å²) >= 11 is 1.42. The molecule has 2 heterocycles. The highest BCUT2D eigenvalue weighted by Crippen LogP contribution is 2.23. The fourth-order valence-corrected chi connectivity index (χ4v) is 3.66. The Morgan fingerprint density at radius 1 is 1.30 bits per heavy atom. The van der Waals surface area contributed by atoms with Crippen LogP contribution in [-0.4, -0.2) is 18.0 Å². The van der Waals surface area contributed by atoms with Gasteiger partial charge in [0.15, 0.2) is 0 Å². The average Bonchev–Trinajstić information content (AvgIpc) is 3.02. The number of fused-ring (bicyclic) bond motifs is 1. The van der Waals surface area contributed by atoms with Crippen LogP contribution in [0.4, 0.5) is 0 Å². The molecule has 120 valence electrons. The van der Waals surface area contributed by atoms with Gasteiger partial charge in [0.25, 0.3) is 5.56 Å². The number of benzene rings is 1. The summed E-state index contributed by atoms with van der Waals surface area (Å²) in [5, 5.41) is 7.05. The van der Waals surface area contributed by atoms with Crippen LogP contribution < -0.4 is 10.7 Å². The first kappa shape index (κ1) is 15.9. The maximum atomic E-state index is 12.7. The summed E-state index contributed by atoms with van der Waals surface area (Å²) in [5.74, 6) is 0. The molecule has 0 saturated carbocycles. The fraction of sp³-hybridized carbons (Fsp3) is 0.200. The van der Waals surface area contributed by atoms with Gasteiger partial charge in [-0.2, -0.15) is 0 Å². The van der Waals surface area contributed by atoms with Gasteiger partial charge in [0.2, 0.25) is 10.0 Å². The Labute approximate surface area is 137 Å². The van der Waals surface area contributed by atoms with E-state index >= 15 is 0 Å². The molecular formula is C15H15N3O3S2. The Morgan fingerprint density at radius 3 is 2.70 bits per heavy atom. The third-order valence-corrected chi connectivity index (χ3v) is 5.24. The number of nitrogens with zero attached hydrogens (tertiary/aromatic N) is 2. The molecule has 0 aliphatic heterocycles. The lowest BCUT2D eigenvalue weighted by Crippen LogP contribution is -2.23. The molecule has 1 aromatic carbocycles. The lowest BCUT2D eigenvalue weighted by atomic mass is 10.2. The van der Waals surface area contributed by atoms with Gasteiger partial charge in [0, 0.05) is 6.54 Å². The predicted molar refractivity (Wildman–Crippen MR) is 91.0 cm³/mol. The van der Waals surface area contributed by atoms with Crippen LogP contribution in [0.25, 0.3) is 21.6 Å². The lowest BCUT2D eigenvalue weighted by Gasteiger charge is -2.11. The molecule has 3 rings (SSSR count). The standard InChI is InChI=1S/C15H15N3O3S2/c1-2-7-18-12-6-5-10(23(16,20)21)9-11(12)17-14(15(18)19)13-4-3-8-22-13/h3-6,8-9H,2,7H2,1H3,(H2,16,20,21). The molecule has 0 atom stereocenters. The van der Waals surface area contributed by atoms with Gasteiger partial charge >= 0.3 is 0 Å². The smallest absolute Gasteiger partial charge is 0.278 e. The lowest BCUT2D eigenvalue weighted by molar-refractivity contribution is 0.598. The van der Waals surface area contributed by atoms with Gasteiger partial charge in [-0.3, -0.25) is 4.79 Å². The topological polar surface area (TPSA) is 95.0 Å². The van der Waals surface area contributed by atoms with E-state index in [-0.39, 0.29) is 10.5 Å². The summed E-state index contributed by atoms with van der Waals surface area (Å²) < 4.78 is 24.7. The quantitative estimate of drug-likeness (QED) is 0.781. The largest absolute Gasteiger partial charge is 0.305 e. The molecule has 2 aromatic heterocycles. The number of aromatic nitrogens is 2. The molecule has 0 unspecified atom stereocenters. The van der Waals surface area contributed by atoms with E-state index in [2.05, 4.69) is 4.98 Å². The normalized spacial score (nSPS) is 11.9. The van der Waals surface area contributed by atoms with Crippen molar-refractivity contribution in [2.75, 3.05) is 0 Å². The van der Waals surface area contributed by atoms with Crippen LogP contribution >= 0.6 is 11.3 Å². The maximum Gasteiger partial charge on any atom is 0.278 e. The van der Waals surface area contributed by atoms with E-state index in [1.54, 1.807) is 10.6 Å². The van der Waals surface area contributed by atoms with E-state index in [0.717, 1.165) is 11.3 Å². The Balaban J connectivity index is 2.37. The zero-order valence-electron chi connectivity index (χ0n) is 12.4. The Morgan fingerprint density at radius 2 is 2.09 bits per heavy atom. The monoisotopic (exact) mass is 349 g/mol. The number of sulfonamides is 1. The first-order valence-corrected chi connectivity index (χ1v) is 9.45. The summed E-state index contributed by atoms with van der Waals surface area (Å²) in [4.78, 5) is 17.8. The third-order valence-electron chi connectivity index (χ3n) is 3.45. The van der Waals surface area contributed by atoms with Crippen molar-refractivity contribution in [3.05, 3.63) is 46.1 Å². The van der Waals surface area contributed by atoms with E-state index in [9.17, 15) is 13.2 Å². The van der Waals surface area contributed by atoms with Crippen molar-refractivity contribution in [2.24, 2.45) is 5.14 Å². The highest BCUT2D eigenvalue weighted by Gasteiger charge is 2.16. The SMILES string of the molecule is CCCn1c(=O)c(-c2cccs2)nc2cc(S(N)(=O)=O)ccc21. The van der Waals surface area contributed by atoms with Crippen molar-refractivity contribution in [2.45, 2.75) is 24.8 Å². The van der Waals surface area contributed by atoms with Crippen LogP contribution in [0, 0.1) is 0 Å². The molecule has 0 radical (unpaired) electrons. The van der Waals surface area contributed by atoms with Crippen LogP contribution in [0.5, 0.6) is 0 Å². The number of hydrogen-bond donors (Lipinski definition) is 1. The van der Waals surface area contributed by atoms with Crippen molar-refractivity contribution in [1.82, 2.24) is 9.55 Å². The molecule has 3 aromatic rings. The summed E-state index contributed by atoms with van der Waals surface area (Å²) in [6.07, 6.45) is 0.778. The van der Waals surface area contributed by atoms with Crippen LogP contribution in [0.3, 0.4) is 0 Å². The van der Waals surface area contributed by atoms with Crippen LogP contribution in [0.15, 0.2) is 45.4 Å². The molecule has 0 saturated heterocycles. The molecule has 6 nitrogen and oxygen atoms in total. The number of aryl methyl sites for hydroxylation is 1. The van der Waals surface area contributed by atoms with Crippen molar-refractivity contribution < 1.29 is 8.42 Å². The zero-order valence-corrected chi connectivity index (χ0v) is 14.0. The molecule has 8 heteroatoms. The molecule has 0 aliphatic rings. The van der Waals surface area contributed by atoms with Gasteiger partial charge < -0.3 is 4.57 Å². The summed E-state index contributed by atoms with van der Waals surface area (Å²) in [7, 11) is -3.82. The third kappa shape index (κ3) is 2.92. The molecule has 0 aliphatic carbocycles. The van der Waals surface area contributed by atoms with Gasteiger partial charge in [0.05, 0.1) is 20.8 Å². The fourth-order valence-electron chi connectivity index (χ4n) is 2.42. The minimum atomic E-state index is -3.82. The van der Waals surface area contributed by atoms with Crippen molar-refractivity contribution in [3.8, 4) is 10.6 Å². The second-order valence-corrected chi connectivity index (χ2v) is 7.60. The Kier molecular flexibility index (Phi) is 4.05. The molecule has 0 bridgehead atoms. The van der Waals surface area contributed by atoms with Gasteiger partial charge in [-0.15, -0.1) is 11.3 Å². The minimum absolute atomic E-state index is 0.0173. The highest BCUT2D eigenvalue weighted by atomic mass is 32.2. The Bertz CT molecular complexity index is 1020. The van der Waals surface area contributed by atoms with Crippen molar-refractivity contribution in [3.63, 3.8) is 0 Å². The van der Waals surface area contributed by atoms with Crippen molar-refractivity contribution in [1.29, 1.82) is 0 Å². The van der Waals surface area contributed by atoms with Crippen molar-refractivity contribution >= 4 is 32.4 Å². The van der Waals surface area contributed by atoms with Gasteiger partial charge in [-0.1, -0.05) is 13.0 Å². The summed E-state index contributed by atoms with van der Waals surface area (Å²) in [6, 6.07) is 8.05. The number of nitrogens with two attached hydrogens (primary N) is 1. The zero-order chi connectivity index (χ0) is 16.6. The second kappa shape index (κ2) is 5.88.